The predicted octanol–water partition coefficient (Wildman–Crippen LogP) is 4.21. The number of amides is 2. The predicted molar refractivity (Wildman–Crippen MR) is 117 cm³/mol. The molecule has 154 valence electrons. The van der Waals surface area contributed by atoms with Gasteiger partial charge in [-0.05, 0) is 43.5 Å². The summed E-state index contributed by atoms with van der Waals surface area (Å²) in [6.45, 7) is 3.97. The smallest absolute Gasteiger partial charge is 0.253 e. The van der Waals surface area contributed by atoms with E-state index < -0.39 is 0 Å². The molecule has 1 saturated carbocycles. The van der Waals surface area contributed by atoms with Crippen LogP contribution in [0.25, 0.3) is 0 Å². The van der Waals surface area contributed by atoms with Crippen molar-refractivity contribution in [2.24, 2.45) is 0 Å². The van der Waals surface area contributed by atoms with E-state index in [-0.39, 0.29) is 17.9 Å². The van der Waals surface area contributed by atoms with Gasteiger partial charge in [0.2, 0.25) is 5.91 Å². The van der Waals surface area contributed by atoms with Gasteiger partial charge in [0, 0.05) is 12.6 Å². The Kier molecular flexibility index (Phi) is 7.82. The average Bonchev–Trinajstić information content (AvgIpc) is 3.22. The number of anilines is 1. The molecule has 2 aromatic carbocycles. The van der Waals surface area contributed by atoms with Gasteiger partial charge in [0.15, 0.2) is 0 Å². The van der Waals surface area contributed by atoms with Crippen LogP contribution in [-0.4, -0.2) is 35.8 Å². The van der Waals surface area contributed by atoms with Gasteiger partial charge in [0.25, 0.3) is 5.91 Å². The van der Waals surface area contributed by atoms with Crippen LogP contribution in [-0.2, 0) is 11.3 Å². The lowest BCUT2D eigenvalue weighted by atomic mass is 10.1. The zero-order valence-electron chi connectivity index (χ0n) is 17.2. The van der Waals surface area contributed by atoms with Gasteiger partial charge < -0.3 is 10.6 Å². The van der Waals surface area contributed by atoms with E-state index in [4.69, 9.17) is 0 Å². The highest BCUT2D eigenvalue weighted by atomic mass is 16.2. The summed E-state index contributed by atoms with van der Waals surface area (Å²) in [7, 11) is 0. The van der Waals surface area contributed by atoms with Crippen molar-refractivity contribution < 1.29 is 9.59 Å². The molecule has 3 rings (SSSR count). The lowest BCUT2D eigenvalue weighted by molar-refractivity contribution is -0.117. The van der Waals surface area contributed by atoms with Gasteiger partial charge >= 0.3 is 0 Å². The summed E-state index contributed by atoms with van der Waals surface area (Å²) >= 11 is 0. The first-order valence-electron chi connectivity index (χ1n) is 10.6. The van der Waals surface area contributed by atoms with Gasteiger partial charge in [-0.15, -0.1) is 0 Å². The molecule has 0 heterocycles. The van der Waals surface area contributed by atoms with Crippen molar-refractivity contribution in [2.45, 2.75) is 51.6 Å². The number of hydrogen-bond acceptors (Lipinski definition) is 3. The first-order chi connectivity index (χ1) is 14.2. The second-order valence-electron chi connectivity index (χ2n) is 7.74. The number of hydrogen-bond donors (Lipinski definition) is 2. The summed E-state index contributed by atoms with van der Waals surface area (Å²) in [6.07, 6.45) is 5.37. The molecule has 1 aliphatic carbocycles. The average molecular weight is 394 g/mol. The fourth-order valence-corrected chi connectivity index (χ4v) is 3.89. The van der Waals surface area contributed by atoms with Crippen LogP contribution in [0.3, 0.4) is 0 Å². The molecule has 5 nitrogen and oxygen atoms in total. The largest absolute Gasteiger partial charge is 0.349 e. The monoisotopic (exact) mass is 393 g/mol. The molecule has 0 bridgehead atoms. The molecule has 0 radical (unpaired) electrons. The minimum Gasteiger partial charge on any atom is -0.349 e. The van der Waals surface area contributed by atoms with E-state index in [1.807, 2.05) is 30.3 Å². The summed E-state index contributed by atoms with van der Waals surface area (Å²) in [5.41, 5.74) is 2.28. The first kappa shape index (κ1) is 21.1. The fraction of sp³-hybridized carbons (Fsp3) is 0.417. The van der Waals surface area contributed by atoms with Crippen molar-refractivity contribution >= 4 is 17.5 Å². The summed E-state index contributed by atoms with van der Waals surface area (Å²) in [4.78, 5) is 27.5. The van der Waals surface area contributed by atoms with Crippen molar-refractivity contribution in [3.05, 3.63) is 65.7 Å². The molecule has 2 N–H and O–H groups in total. The first-order valence-corrected chi connectivity index (χ1v) is 10.6. The van der Waals surface area contributed by atoms with Gasteiger partial charge in [0.05, 0.1) is 17.8 Å². The molecular formula is C24H31N3O2. The van der Waals surface area contributed by atoms with Crippen molar-refractivity contribution in [2.75, 3.05) is 18.4 Å². The van der Waals surface area contributed by atoms with Crippen LogP contribution in [0, 0.1) is 0 Å². The Hall–Kier alpha value is -2.66. The number of nitrogens with one attached hydrogen (secondary N) is 2. The van der Waals surface area contributed by atoms with Crippen molar-refractivity contribution in [1.82, 2.24) is 10.2 Å². The third-order valence-electron chi connectivity index (χ3n) is 5.29. The van der Waals surface area contributed by atoms with Crippen LogP contribution in [0.15, 0.2) is 54.6 Å². The highest BCUT2D eigenvalue weighted by Crippen LogP contribution is 2.20. The zero-order valence-corrected chi connectivity index (χ0v) is 17.2. The number of rotatable bonds is 9. The molecule has 5 heteroatoms. The maximum absolute atomic E-state index is 12.7. The molecule has 0 unspecified atom stereocenters. The lowest BCUT2D eigenvalue weighted by Crippen LogP contribution is -2.35. The molecule has 29 heavy (non-hydrogen) atoms. The number of carbonyl (C=O) groups excluding carboxylic acids is 2. The highest BCUT2D eigenvalue weighted by Gasteiger charge is 2.20. The topological polar surface area (TPSA) is 61.4 Å². The molecule has 1 aliphatic rings. The van der Waals surface area contributed by atoms with Crippen LogP contribution in [0.1, 0.15) is 54.9 Å². The molecule has 1 fully saturated rings. The Morgan fingerprint density at radius 3 is 2.41 bits per heavy atom. The molecule has 0 aliphatic heterocycles. The molecule has 0 spiro atoms. The molecule has 0 atom stereocenters. The molecule has 0 saturated heterocycles. The van der Waals surface area contributed by atoms with Crippen LogP contribution in [0.4, 0.5) is 5.69 Å². The van der Waals surface area contributed by atoms with Gasteiger partial charge in [-0.1, -0.05) is 62.2 Å². The fourth-order valence-electron chi connectivity index (χ4n) is 3.89. The minimum atomic E-state index is -0.109. The number of benzene rings is 2. The number of para-hydroxylation sites is 1. The Morgan fingerprint density at radius 2 is 1.69 bits per heavy atom. The van der Waals surface area contributed by atoms with E-state index in [1.54, 1.807) is 12.1 Å². The second-order valence-corrected chi connectivity index (χ2v) is 7.74. The van der Waals surface area contributed by atoms with E-state index in [1.165, 1.54) is 5.56 Å². The van der Waals surface area contributed by atoms with Crippen molar-refractivity contribution in [3.63, 3.8) is 0 Å². The lowest BCUT2D eigenvalue weighted by Gasteiger charge is -2.22. The summed E-state index contributed by atoms with van der Waals surface area (Å²) in [5, 5.41) is 6.05. The normalized spacial score (nSPS) is 14.1. The molecule has 2 amide bonds. The Balaban J connectivity index is 1.62. The van der Waals surface area contributed by atoms with Crippen LogP contribution in [0.2, 0.25) is 0 Å². The summed E-state index contributed by atoms with van der Waals surface area (Å²) in [6, 6.07) is 17.7. The maximum atomic E-state index is 12.7. The standard InChI is InChI=1S/C24H31N3O2/c1-2-16-27(17-19-10-4-3-5-11-19)18-23(28)26-22-15-9-8-14-21(22)24(29)25-20-12-6-7-13-20/h3-5,8-11,14-15,20H,2,6-7,12-13,16-18H2,1H3,(H,25,29)(H,26,28). The van der Waals surface area contributed by atoms with E-state index in [0.29, 0.717) is 17.8 Å². The van der Waals surface area contributed by atoms with E-state index in [2.05, 4.69) is 34.6 Å². The van der Waals surface area contributed by atoms with Gasteiger partial charge in [-0.25, -0.2) is 0 Å². The van der Waals surface area contributed by atoms with E-state index in [0.717, 1.165) is 45.2 Å². The van der Waals surface area contributed by atoms with Crippen LogP contribution >= 0.6 is 0 Å². The van der Waals surface area contributed by atoms with E-state index in [9.17, 15) is 9.59 Å². The highest BCUT2D eigenvalue weighted by molar-refractivity contribution is 6.04. The van der Waals surface area contributed by atoms with Gasteiger partial charge in [-0.2, -0.15) is 0 Å². The van der Waals surface area contributed by atoms with Crippen LogP contribution < -0.4 is 10.6 Å². The summed E-state index contributed by atoms with van der Waals surface area (Å²) < 4.78 is 0. The maximum Gasteiger partial charge on any atom is 0.253 e. The number of nitrogens with zero attached hydrogens (tertiary/aromatic N) is 1. The number of carbonyl (C=O) groups is 2. The van der Waals surface area contributed by atoms with E-state index >= 15 is 0 Å². The van der Waals surface area contributed by atoms with Crippen molar-refractivity contribution in [3.8, 4) is 0 Å². The second kappa shape index (κ2) is 10.8. The minimum absolute atomic E-state index is 0.101. The quantitative estimate of drug-likeness (QED) is 0.671. The van der Waals surface area contributed by atoms with Gasteiger partial charge in [-0.3, -0.25) is 14.5 Å². The molecular weight excluding hydrogens is 362 g/mol. The van der Waals surface area contributed by atoms with Crippen LogP contribution in [0.5, 0.6) is 0 Å². The zero-order chi connectivity index (χ0) is 20.5. The Bertz CT molecular complexity index is 801. The summed E-state index contributed by atoms with van der Waals surface area (Å²) in [5.74, 6) is -0.210. The third kappa shape index (κ3) is 6.43. The molecule has 2 aromatic rings. The Labute approximate surface area is 173 Å². The van der Waals surface area contributed by atoms with Gasteiger partial charge in [0.1, 0.15) is 0 Å². The SMILES string of the molecule is CCCN(CC(=O)Nc1ccccc1C(=O)NC1CCCC1)Cc1ccccc1. The molecule has 0 aromatic heterocycles. The van der Waals surface area contributed by atoms with Crippen molar-refractivity contribution in [1.29, 1.82) is 0 Å². The Morgan fingerprint density at radius 1 is 1.00 bits per heavy atom. The third-order valence-corrected chi connectivity index (χ3v) is 5.29.